The molecule has 2 heterocycles. The van der Waals surface area contributed by atoms with Crippen molar-refractivity contribution < 1.29 is 0 Å². The van der Waals surface area contributed by atoms with Gasteiger partial charge in [-0.3, -0.25) is 0 Å². The van der Waals surface area contributed by atoms with Crippen molar-refractivity contribution in [1.82, 2.24) is 14.6 Å². The molecule has 0 saturated heterocycles. The molecule has 2 aromatic rings. The summed E-state index contributed by atoms with van der Waals surface area (Å²) >= 11 is 0. The third-order valence-corrected chi connectivity index (χ3v) is 2.24. The number of imidazole rings is 1. The molecule has 0 spiro atoms. The Hall–Kier alpha value is -1.38. The van der Waals surface area contributed by atoms with Gasteiger partial charge in [0.05, 0.1) is 11.4 Å². The highest BCUT2D eigenvalue weighted by molar-refractivity contribution is 5.41. The molecule has 2 aromatic heterocycles. The minimum Gasteiger partial charge on any atom is -0.232 e. The highest BCUT2D eigenvalue weighted by Gasteiger charge is 2.08. The zero-order valence-electron chi connectivity index (χ0n) is 7.99. The standard InChI is InChI=1S/C10H13N3/c1-3-8-9(4-2)13-10(12-8)6-5-7-11-13/h5-7H,3-4H2,1-2H3. The molecule has 0 unspecified atom stereocenters. The molecule has 0 atom stereocenters. The molecule has 2 rings (SSSR count). The van der Waals surface area contributed by atoms with Crippen LogP contribution in [0.2, 0.25) is 0 Å². The number of aryl methyl sites for hydroxylation is 2. The van der Waals surface area contributed by atoms with Crippen molar-refractivity contribution in [3.05, 3.63) is 29.7 Å². The van der Waals surface area contributed by atoms with Crippen LogP contribution in [-0.4, -0.2) is 14.6 Å². The van der Waals surface area contributed by atoms with Crippen molar-refractivity contribution in [3.8, 4) is 0 Å². The van der Waals surface area contributed by atoms with Crippen LogP contribution in [0, 0.1) is 0 Å². The first kappa shape index (κ1) is 8.23. The summed E-state index contributed by atoms with van der Waals surface area (Å²) in [5.74, 6) is 0. The van der Waals surface area contributed by atoms with E-state index in [1.165, 1.54) is 11.4 Å². The second-order valence-electron chi connectivity index (χ2n) is 3.01. The van der Waals surface area contributed by atoms with Gasteiger partial charge in [0.1, 0.15) is 0 Å². The fourth-order valence-electron chi connectivity index (χ4n) is 1.62. The van der Waals surface area contributed by atoms with Crippen LogP contribution in [0.5, 0.6) is 0 Å². The van der Waals surface area contributed by atoms with E-state index >= 15 is 0 Å². The Kier molecular flexibility index (Phi) is 2.00. The fourth-order valence-corrected chi connectivity index (χ4v) is 1.62. The summed E-state index contributed by atoms with van der Waals surface area (Å²) in [5.41, 5.74) is 3.36. The summed E-state index contributed by atoms with van der Waals surface area (Å²) in [6.45, 7) is 4.26. The number of hydrogen-bond acceptors (Lipinski definition) is 2. The zero-order chi connectivity index (χ0) is 9.26. The highest BCUT2D eigenvalue weighted by atomic mass is 15.3. The van der Waals surface area contributed by atoms with Gasteiger partial charge in [0.25, 0.3) is 0 Å². The first-order valence-corrected chi connectivity index (χ1v) is 4.68. The van der Waals surface area contributed by atoms with E-state index in [-0.39, 0.29) is 0 Å². The molecule has 0 radical (unpaired) electrons. The molecular weight excluding hydrogens is 162 g/mol. The summed E-state index contributed by atoms with van der Waals surface area (Å²) < 4.78 is 1.93. The number of fused-ring (bicyclic) bond motifs is 1. The van der Waals surface area contributed by atoms with Crippen molar-refractivity contribution in [3.63, 3.8) is 0 Å². The maximum atomic E-state index is 4.50. The van der Waals surface area contributed by atoms with Gasteiger partial charge in [-0.1, -0.05) is 13.8 Å². The van der Waals surface area contributed by atoms with Gasteiger partial charge < -0.3 is 0 Å². The molecule has 3 heteroatoms. The van der Waals surface area contributed by atoms with Gasteiger partial charge in [0.2, 0.25) is 0 Å². The number of nitrogens with zero attached hydrogens (tertiary/aromatic N) is 3. The van der Waals surface area contributed by atoms with Crippen molar-refractivity contribution in [1.29, 1.82) is 0 Å². The lowest BCUT2D eigenvalue weighted by atomic mass is 10.2. The fraction of sp³-hybridized carbons (Fsp3) is 0.400. The Morgan fingerprint density at radius 1 is 1.31 bits per heavy atom. The topological polar surface area (TPSA) is 30.2 Å². The van der Waals surface area contributed by atoms with Crippen LogP contribution in [0.1, 0.15) is 25.2 Å². The first-order valence-electron chi connectivity index (χ1n) is 4.68. The molecule has 0 fully saturated rings. The predicted molar refractivity (Wildman–Crippen MR) is 51.7 cm³/mol. The average molecular weight is 175 g/mol. The average Bonchev–Trinajstić information content (AvgIpc) is 2.55. The smallest absolute Gasteiger partial charge is 0.154 e. The monoisotopic (exact) mass is 175 g/mol. The largest absolute Gasteiger partial charge is 0.232 e. The predicted octanol–water partition coefficient (Wildman–Crippen LogP) is 1.85. The van der Waals surface area contributed by atoms with E-state index in [1.807, 2.05) is 16.6 Å². The van der Waals surface area contributed by atoms with Crippen LogP contribution in [-0.2, 0) is 12.8 Å². The molecule has 0 aliphatic rings. The van der Waals surface area contributed by atoms with Gasteiger partial charge in [-0.15, -0.1) is 0 Å². The number of aromatic nitrogens is 3. The van der Waals surface area contributed by atoms with Crippen molar-refractivity contribution in [2.45, 2.75) is 26.7 Å². The summed E-state index contributed by atoms with van der Waals surface area (Å²) in [4.78, 5) is 4.50. The van der Waals surface area contributed by atoms with E-state index in [0.29, 0.717) is 0 Å². The minimum absolute atomic E-state index is 0.955. The third kappa shape index (κ3) is 1.20. The maximum absolute atomic E-state index is 4.50. The summed E-state index contributed by atoms with van der Waals surface area (Å²) in [5, 5.41) is 4.27. The summed E-state index contributed by atoms with van der Waals surface area (Å²) in [7, 11) is 0. The summed E-state index contributed by atoms with van der Waals surface area (Å²) in [6.07, 6.45) is 3.77. The van der Waals surface area contributed by atoms with Crippen LogP contribution < -0.4 is 0 Å². The molecule has 0 aliphatic heterocycles. The molecule has 0 aliphatic carbocycles. The van der Waals surface area contributed by atoms with Crippen LogP contribution in [0.3, 0.4) is 0 Å². The van der Waals surface area contributed by atoms with E-state index < -0.39 is 0 Å². The van der Waals surface area contributed by atoms with Gasteiger partial charge in [-0.25, -0.2) is 9.50 Å². The second kappa shape index (κ2) is 3.17. The van der Waals surface area contributed by atoms with Crippen molar-refractivity contribution >= 4 is 5.65 Å². The lowest BCUT2D eigenvalue weighted by Gasteiger charge is -1.96. The number of rotatable bonds is 2. The van der Waals surface area contributed by atoms with E-state index in [9.17, 15) is 0 Å². The molecule has 0 aromatic carbocycles. The first-order chi connectivity index (χ1) is 6.36. The Bertz CT molecular complexity index is 417. The minimum atomic E-state index is 0.955. The normalized spacial score (nSPS) is 10.9. The Labute approximate surface area is 77.4 Å². The third-order valence-electron chi connectivity index (χ3n) is 2.24. The molecule has 0 bridgehead atoms. The van der Waals surface area contributed by atoms with Crippen LogP contribution in [0.25, 0.3) is 5.65 Å². The molecule has 0 saturated carbocycles. The lowest BCUT2D eigenvalue weighted by Crippen LogP contribution is -1.96. The molecule has 0 amide bonds. The van der Waals surface area contributed by atoms with Crippen LogP contribution >= 0.6 is 0 Å². The highest BCUT2D eigenvalue weighted by Crippen LogP contribution is 2.11. The van der Waals surface area contributed by atoms with Crippen LogP contribution in [0.15, 0.2) is 18.3 Å². The lowest BCUT2D eigenvalue weighted by molar-refractivity contribution is 0.843. The van der Waals surface area contributed by atoms with Crippen LogP contribution in [0.4, 0.5) is 0 Å². The molecule has 3 nitrogen and oxygen atoms in total. The van der Waals surface area contributed by atoms with Gasteiger partial charge in [-0.05, 0) is 25.0 Å². The van der Waals surface area contributed by atoms with Gasteiger partial charge in [0, 0.05) is 6.20 Å². The molecule has 13 heavy (non-hydrogen) atoms. The van der Waals surface area contributed by atoms with Crippen molar-refractivity contribution in [2.75, 3.05) is 0 Å². The van der Waals surface area contributed by atoms with E-state index in [0.717, 1.165) is 18.5 Å². The Morgan fingerprint density at radius 3 is 2.85 bits per heavy atom. The van der Waals surface area contributed by atoms with Gasteiger partial charge >= 0.3 is 0 Å². The second-order valence-corrected chi connectivity index (χ2v) is 3.01. The SMILES string of the molecule is CCc1nc2cccnn2c1CC. The van der Waals surface area contributed by atoms with Gasteiger partial charge in [-0.2, -0.15) is 5.10 Å². The van der Waals surface area contributed by atoms with Gasteiger partial charge in [0.15, 0.2) is 5.65 Å². The molecule has 68 valence electrons. The molecule has 0 N–H and O–H groups in total. The van der Waals surface area contributed by atoms with E-state index in [4.69, 9.17) is 0 Å². The Morgan fingerprint density at radius 2 is 2.15 bits per heavy atom. The van der Waals surface area contributed by atoms with E-state index in [2.05, 4.69) is 23.9 Å². The summed E-state index contributed by atoms with van der Waals surface area (Å²) in [6, 6.07) is 3.91. The number of hydrogen-bond donors (Lipinski definition) is 0. The quantitative estimate of drug-likeness (QED) is 0.697. The Balaban J connectivity index is 2.73. The van der Waals surface area contributed by atoms with Crippen molar-refractivity contribution in [2.24, 2.45) is 0 Å². The zero-order valence-corrected chi connectivity index (χ0v) is 7.99. The van der Waals surface area contributed by atoms with E-state index in [1.54, 1.807) is 6.20 Å². The molecular formula is C10H13N3. The maximum Gasteiger partial charge on any atom is 0.154 e.